The molecule has 0 spiro atoms. The van der Waals surface area contributed by atoms with Gasteiger partial charge in [0.1, 0.15) is 11.3 Å². The lowest BCUT2D eigenvalue weighted by Gasteiger charge is -2.19. The van der Waals surface area contributed by atoms with Crippen LogP contribution in [-0.2, 0) is 4.79 Å². The molecule has 0 saturated carbocycles. The van der Waals surface area contributed by atoms with Crippen molar-refractivity contribution in [3.8, 4) is 16.9 Å². The number of nitrogens with zero attached hydrogens (tertiary/aromatic N) is 1. The molecule has 0 atom stereocenters. The predicted octanol–water partition coefficient (Wildman–Crippen LogP) is 7.77. The number of allylic oxidation sites excluding steroid dienone is 1. The molecule has 4 heteroatoms. The van der Waals surface area contributed by atoms with E-state index in [2.05, 4.69) is 48.5 Å². The summed E-state index contributed by atoms with van der Waals surface area (Å²) in [6.07, 6.45) is 8.20. The van der Waals surface area contributed by atoms with E-state index in [9.17, 15) is 4.79 Å². The third-order valence-corrected chi connectivity index (χ3v) is 7.09. The summed E-state index contributed by atoms with van der Waals surface area (Å²) < 4.78 is 12.2. The summed E-state index contributed by atoms with van der Waals surface area (Å²) in [6, 6.07) is 16.9. The molecule has 5 rings (SSSR count). The molecule has 0 bridgehead atoms. The second kappa shape index (κ2) is 9.99. The van der Waals surface area contributed by atoms with E-state index in [1.54, 1.807) is 6.08 Å². The van der Waals surface area contributed by atoms with Crippen molar-refractivity contribution < 1.29 is 13.9 Å². The Bertz CT molecular complexity index is 1400. The summed E-state index contributed by atoms with van der Waals surface area (Å²) in [5.74, 6) is 0.877. The molecule has 1 amide bonds. The van der Waals surface area contributed by atoms with Gasteiger partial charge < -0.3 is 14.1 Å². The Morgan fingerprint density at radius 3 is 2.51 bits per heavy atom. The molecule has 4 aromatic rings. The van der Waals surface area contributed by atoms with Crippen LogP contribution in [0.3, 0.4) is 0 Å². The van der Waals surface area contributed by atoms with Crippen molar-refractivity contribution in [2.45, 2.75) is 46.5 Å². The van der Waals surface area contributed by atoms with Gasteiger partial charge in [0.15, 0.2) is 0 Å². The van der Waals surface area contributed by atoms with Crippen LogP contribution in [0.25, 0.3) is 38.4 Å². The molecule has 1 fully saturated rings. The van der Waals surface area contributed by atoms with Gasteiger partial charge in [-0.1, -0.05) is 55.3 Å². The minimum atomic E-state index is 0.0890. The molecule has 35 heavy (non-hydrogen) atoms. The van der Waals surface area contributed by atoms with Crippen LogP contribution in [0.1, 0.15) is 50.7 Å². The van der Waals surface area contributed by atoms with Crippen LogP contribution >= 0.6 is 0 Å². The Labute approximate surface area is 207 Å². The standard InChI is InChI=1S/C31H33NO3/c1-4-34-30-22(3)31-27(19-26(30)21(2)18-29(33)32-16-9-5-6-10-17-32)28(20-35-31)25-15-11-13-23-12-7-8-14-24(23)25/h7-8,11-15,18-20H,4-6,9-10,16-17H2,1-3H3/b21-18+. The first-order chi connectivity index (χ1) is 17.1. The number of furan rings is 1. The molecular formula is C31H33NO3. The highest BCUT2D eigenvalue weighted by atomic mass is 16.5. The van der Waals surface area contributed by atoms with Crippen LogP contribution in [0.4, 0.5) is 0 Å². The van der Waals surface area contributed by atoms with Gasteiger partial charge >= 0.3 is 0 Å². The lowest BCUT2D eigenvalue weighted by molar-refractivity contribution is -0.125. The number of aryl methyl sites for hydroxylation is 1. The highest BCUT2D eigenvalue weighted by molar-refractivity contribution is 6.07. The molecule has 1 aliphatic heterocycles. The van der Waals surface area contributed by atoms with Crippen molar-refractivity contribution in [3.63, 3.8) is 0 Å². The van der Waals surface area contributed by atoms with Crippen LogP contribution in [0, 0.1) is 6.92 Å². The molecule has 0 aliphatic carbocycles. The van der Waals surface area contributed by atoms with Crippen molar-refractivity contribution >= 4 is 33.2 Å². The highest BCUT2D eigenvalue weighted by Crippen LogP contribution is 2.42. The number of carbonyl (C=O) groups excluding carboxylic acids is 1. The largest absolute Gasteiger partial charge is 0.493 e. The number of amides is 1. The fourth-order valence-electron chi connectivity index (χ4n) is 5.25. The van der Waals surface area contributed by atoms with Gasteiger partial charge in [0.2, 0.25) is 5.91 Å². The minimum Gasteiger partial charge on any atom is -0.493 e. The molecular weight excluding hydrogens is 434 g/mol. The Morgan fingerprint density at radius 1 is 1.00 bits per heavy atom. The van der Waals surface area contributed by atoms with Crippen LogP contribution in [0.5, 0.6) is 5.75 Å². The molecule has 0 N–H and O–H groups in total. The third kappa shape index (κ3) is 4.45. The van der Waals surface area contributed by atoms with Gasteiger partial charge in [0.25, 0.3) is 0 Å². The highest BCUT2D eigenvalue weighted by Gasteiger charge is 2.21. The Hall–Kier alpha value is -3.53. The van der Waals surface area contributed by atoms with Crippen molar-refractivity contribution in [3.05, 3.63) is 72.0 Å². The molecule has 4 nitrogen and oxygen atoms in total. The van der Waals surface area contributed by atoms with E-state index in [0.29, 0.717) is 6.61 Å². The van der Waals surface area contributed by atoms with Crippen molar-refractivity contribution in [2.24, 2.45) is 0 Å². The molecule has 3 aromatic carbocycles. The van der Waals surface area contributed by atoms with E-state index in [1.807, 2.05) is 31.9 Å². The molecule has 2 heterocycles. The average molecular weight is 468 g/mol. The maximum absolute atomic E-state index is 13.1. The number of hydrogen-bond donors (Lipinski definition) is 0. The normalized spacial score (nSPS) is 14.9. The molecule has 0 radical (unpaired) electrons. The number of hydrogen-bond acceptors (Lipinski definition) is 3. The number of benzene rings is 3. The molecule has 1 aliphatic rings. The van der Waals surface area contributed by atoms with E-state index < -0.39 is 0 Å². The monoisotopic (exact) mass is 467 g/mol. The molecule has 180 valence electrons. The van der Waals surface area contributed by atoms with Crippen molar-refractivity contribution in [1.29, 1.82) is 0 Å². The van der Waals surface area contributed by atoms with E-state index in [0.717, 1.165) is 70.5 Å². The lowest BCUT2D eigenvalue weighted by atomic mass is 9.94. The molecule has 1 aromatic heterocycles. The topological polar surface area (TPSA) is 42.7 Å². The minimum absolute atomic E-state index is 0.0890. The van der Waals surface area contributed by atoms with Gasteiger partial charge in [-0.25, -0.2) is 0 Å². The maximum Gasteiger partial charge on any atom is 0.246 e. The second-order valence-corrected chi connectivity index (χ2v) is 9.43. The fourth-order valence-corrected chi connectivity index (χ4v) is 5.25. The number of fused-ring (bicyclic) bond motifs is 2. The van der Waals surface area contributed by atoms with Gasteiger partial charge in [-0.05, 0) is 61.6 Å². The predicted molar refractivity (Wildman–Crippen MR) is 144 cm³/mol. The first-order valence-corrected chi connectivity index (χ1v) is 12.7. The van der Waals surface area contributed by atoms with Crippen LogP contribution in [0.2, 0.25) is 0 Å². The number of rotatable bonds is 5. The first-order valence-electron chi connectivity index (χ1n) is 12.7. The first kappa shape index (κ1) is 23.2. The zero-order valence-corrected chi connectivity index (χ0v) is 20.9. The zero-order valence-electron chi connectivity index (χ0n) is 20.9. The third-order valence-electron chi connectivity index (χ3n) is 7.09. The molecule has 1 saturated heterocycles. The summed E-state index contributed by atoms with van der Waals surface area (Å²) in [5, 5.41) is 3.42. The van der Waals surface area contributed by atoms with Crippen LogP contribution in [-0.4, -0.2) is 30.5 Å². The van der Waals surface area contributed by atoms with Gasteiger partial charge in [0, 0.05) is 41.2 Å². The number of ether oxygens (including phenoxy) is 1. The maximum atomic E-state index is 13.1. The Kier molecular flexibility index (Phi) is 6.63. The van der Waals surface area contributed by atoms with Crippen molar-refractivity contribution in [1.82, 2.24) is 4.90 Å². The summed E-state index contributed by atoms with van der Waals surface area (Å²) >= 11 is 0. The smallest absolute Gasteiger partial charge is 0.246 e. The van der Waals surface area contributed by atoms with Gasteiger partial charge in [-0.2, -0.15) is 0 Å². The van der Waals surface area contributed by atoms with E-state index in [4.69, 9.17) is 9.15 Å². The summed E-state index contributed by atoms with van der Waals surface area (Å²) in [4.78, 5) is 15.1. The summed E-state index contributed by atoms with van der Waals surface area (Å²) in [5.41, 5.74) is 5.84. The van der Waals surface area contributed by atoms with Crippen LogP contribution < -0.4 is 4.74 Å². The summed E-state index contributed by atoms with van der Waals surface area (Å²) in [7, 11) is 0. The fraction of sp³-hybridized carbons (Fsp3) is 0.323. The van der Waals surface area contributed by atoms with E-state index in [1.165, 1.54) is 23.6 Å². The molecule has 0 unspecified atom stereocenters. The SMILES string of the molecule is CCOc1c(/C(C)=C/C(=O)N2CCCCCC2)cc2c(-c3cccc4ccccc34)coc2c1C. The van der Waals surface area contributed by atoms with Gasteiger partial charge in [0.05, 0.1) is 12.9 Å². The van der Waals surface area contributed by atoms with E-state index in [-0.39, 0.29) is 5.91 Å². The quantitative estimate of drug-likeness (QED) is 0.282. The Morgan fingerprint density at radius 2 is 1.74 bits per heavy atom. The number of carbonyl (C=O) groups is 1. The zero-order chi connectivity index (χ0) is 24.4. The second-order valence-electron chi connectivity index (χ2n) is 9.43. The van der Waals surface area contributed by atoms with Gasteiger partial charge in [-0.15, -0.1) is 0 Å². The average Bonchev–Trinajstić information content (AvgIpc) is 3.10. The van der Waals surface area contributed by atoms with Crippen molar-refractivity contribution in [2.75, 3.05) is 19.7 Å². The Balaban J connectivity index is 1.64. The van der Waals surface area contributed by atoms with E-state index >= 15 is 0 Å². The summed E-state index contributed by atoms with van der Waals surface area (Å²) in [6.45, 7) is 8.26. The van der Waals surface area contributed by atoms with Crippen LogP contribution in [0.15, 0.2) is 65.3 Å². The van der Waals surface area contributed by atoms with Gasteiger partial charge in [-0.3, -0.25) is 4.79 Å². The number of likely N-dealkylation sites (tertiary alicyclic amines) is 1. The lowest BCUT2D eigenvalue weighted by Crippen LogP contribution is -2.30.